The SMILES string of the molecule is CNc1c(C(=O)NCCCS(N)(=O)=O)cccc1[N+](=O)[O-]. The van der Waals surface area contributed by atoms with Crippen molar-refractivity contribution in [2.45, 2.75) is 6.42 Å². The fourth-order valence-electron chi connectivity index (χ4n) is 1.71. The molecule has 0 aliphatic rings. The Bertz CT molecular complexity index is 644. The van der Waals surface area contributed by atoms with Crippen molar-refractivity contribution in [3.05, 3.63) is 33.9 Å². The molecule has 4 N–H and O–H groups in total. The third-order valence-electron chi connectivity index (χ3n) is 2.62. The average molecular weight is 316 g/mol. The van der Waals surface area contributed by atoms with Crippen LogP contribution in [-0.2, 0) is 10.0 Å². The quantitative estimate of drug-likeness (QED) is 0.368. The van der Waals surface area contributed by atoms with Gasteiger partial charge in [0.2, 0.25) is 10.0 Å². The van der Waals surface area contributed by atoms with E-state index in [2.05, 4.69) is 10.6 Å². The van der Waals surface area contributed by atoms with Crippen molar-refractivity contribution in [1.82, 2.24) is 5.32 Å². The van der Waals surface area contributed by atoms with Crippen LogP contribution in [0.25, 0.3) is 0 Å². The Hall–Kier alpha value is -2.20. The van der Waals surface area contributed by atoms with Crippen LogP contribution in [-0.4, -0.2) is 38.6 Å². The van der Waals surface area contributed by atoms with E-state index in [0.717, 1.165) is 0 Å². The van der Waals surface area contributed by atoms with Gasteiger partial charge in [0.05, 0.1) is 16.2 Å². The maximum atomic E-state index is 12.0. The van der Waals surface area contributed by atoms with Crippen molar-refractivity contribution in [3.63, 3.8) is 0 Å². The highest BCUT2D eigenvalue weighted by Gasteiger charge is 2.20. The molecule has 0 fully saturated rings. The summed E-state index contributed by atoms with van der Waals surface area (Å²) in [7, 11) is -2.10. The number of carbonyl (C=O) groups excluding carboxylic acids is 1. The van der Waals surface area contributed by atoms with Gasteiger partial charge >= 0.3 is 0 Å². The average Bonchev–Trinajstić information content (AvgIpc) is 2.41. The van der Waals surface area contributed by atoms with Crippen LogP contribution >= 0.6 is 0 Å². The summed E-state index contributed by atoms with van der Waals surface area (Å²) in [5, 5.41) is 20.8. The van der Waals surface area contributed by atoms with Crippen LogP contribution in [0.3, 0.4) is 0 Å². The molecule has 9 nitrogen and oxygen atoms in total. The number of benzene rings is 1. The van der Waals surface area contributed by atoms with Gasteiger partial charge in [0.25, 0.3) is 11.6 Å². The summed E-state index contributed by atoms with van der Waals surface area (Å²) in [5.74, 6) is -0.779. The molecule has 0 spiro atoms. The Labute approximate surface area is 121 Å². The normalized spacial score (nSPS) is 11.0. The van der Waals surface area contributed by atoms with Gasteiger partial charge in [0.1, 0.15) is 5.69 Å². The van der Waals surface area contributed by atoms with E-state index in [-0.39, 0.29) is 35.7 Å². The van der Waals surface area contributed by atoms with Crippen LogP contribution in [0.2, 0.25) is 0 Å². The summed E-state index contributed by atoms with van der Waals surface area (Å²) in [6.07, 6.45) is 0.161. The fourth-order valence-corrected chi connectivity index (χ4v) is 2.26. The van der Waals surface area contributed by atoms with Gasteiger partial charge in [0.15, 0.2) is 0 Å². The van der Waals surface area contributed by atoms with Gasteiger partial charge in [-0.3, -0.25) is 14.9 Å². The van der Waals surface area contributed by atoms with Crippen molar-refractivity contribution < 1.29 is 18.1 Å². The number of primary sulfonamides is 1. The topological polar surface area (TPSA) is 144 Å². The van der Waals surface area contributed by atoms with Crippen LogP contribution in [0.5, 0.6) is 0 Å². The molecule has 1 rings (SSSR count). The number of sulfonamides is 1. The molecule has 1 aromatic carbocycles. The predicted octanol–water partition coefficient (Wildman–Crippen LogP) is 0.0449. The number of hydrogen-bond donors (Lipinski definition) is 3. The third kappa shape index (κ3) is 5.00. The Morgan fingerprint density at radius 1 is 1.43 bits per heavy atom. The van der Waals surface area contributed by atoms with Gasteiger partial charge in [-0.15, -0.1) is 0 Å². The van der Waals surface area contributed by atoms with Gasteiger partial charge in [-0.2, -0.15) is 0 Å². The van der Waals surface area contributed by atoms with Crippen LogP contribution in [0.4, 0.5) is 11.4 Å². The molecule has 0 saturated carbocycles. The lowest BCUT2D eigenvalue weighted by atomic mass is 10.1. The molecule has 0 bridgehead atoms. The fraction of sp³-hybridized carbons (Fsp3) is 0.364. The summed E-state index contributed by atoms with van der Waals surface area (Å²) in [6.45, 7) is 0.0983. The van der Waals surface area contributed by atoms with Crippen LogP contribution < -0.4 is 15.8 Å². The molecule has 0 aliphatic heterocycles. The minimum absolute atomic E-state index is 0.0983. The first-order valence-electron chi connectivity index (χ1n) is 6.00. The smallest absolute Gasteiger partial charge is 0.293 e. The number of rotatable bonds is 7. The van der Waals surface area contributed by atoms with E-state index < -0.39 is 20.9 Å². The van der Waals surface area contributed by atoms with Crippen LogP contribution in [0.15, 0.2) is 18.2 Å². The van der Waals surface area contributed by atoms with E-state index in [1.54, 1.807) is 0 Å². The van der Waals surface area contributed by atoms with E-state index in [1.807, 2.05) is 0 Å². The number of nitrogens with one attached hydrogen (secondary N) is 2. The number of carbonyl (C=O) groups is 1. The number of nitro groups is 1. The summed E-state index contributed by atoms with van der Waals surface area (Å²) >= 11 is 0. The van der Waals surface area contributed by atoms with E-state index in [9.17, 15) is 23.3 Å². The van der Waals surface area contributed by atoms with Gasteiger partial charge in [-0.25, -0.2) is 13.6 Å². The molecule has 0 unspecified atom stereocenters. The molecule has 0 saturated heterocycles. The molecule has 21 heavy (non-hydrogen) atoms. The predicted molar refractivity (Wildman–Crippen MR) is 77.6 cm³/mol. The number of hydrogen-bond acceptors (Lipinski definition) is 6. The minimum Gasteiger partial charge on any atom is -0.382 e. The zero-order chi connectivity index (χ0) is 16.0. The molecule has 0 atom stereocenters. The van der Waals surface area contributed by atoms with E-state index in [1.165, 1.54) is 25.2 Å². The monoisotopic (exact) mass is 316 g/mol. The number of nitrogens with zero attached hydrogens (tertiary/aromatic N) is 1. The van der Waals surface area contributed by atoms with Crippen molar-refractivity contribution >= 4 is 27.3 Å². The molecule has 1 aromatic rings. The highest BCUT2D eigenvalue weighted by atomic mass is 32.2. The van der Waals surface area contributed by atoms with Crippen molar-refractivity contribution in [3.8, 4) is 0 Å². The standard InChI is InChI=1S/C11H16N4O5S/c1-13-10-8(4-2-5-9(10)15(17)18)11(16)14-6-3-7-21(12,19)20/h2,4-5,13H,3,6-7H2,1H3,(H,14,16)(H2,12,19,20). The molecule has 116 valence electrons. The van der Waals surface area contributed by atoms with Gasteiger partial charge in [0, 0.05) is 19.7 Å². The lowest BCUT2D eigenvalue weighted by Crippen LogP contribution is -2.28. The summed E-state index contributed by atoms with van der Waals surface area (Å²) in [6, 6.07) is 4.12. The number of anilines is 1. The molecular formula is C11H16N4O5S. The molecule has 0 radical (unpaired) electrons. The van der Waals surface area contributed by atoms with Crippen molar-refractivity contribution in [1.29, 1.82) is 0 Å². The minimum atomic E-state index is -3.57. The molecule has 1 amide bonds. The van der Waals surface area contributed by atoms with E-state index >= 15 is 0 Å². The molecular weight excluding hydrogens is 300 g/mol. The first kappa shape index (κ1) is 16.9. The van der Waals surface area contributed by atoms with Gasteiger partial charge in [-0.1, -0.05) is 6.07 Å². The van der Waals surface area contributed by atoms with E-state index in [0.29, 0.717) is 0 Å². The lowest BCUT2D eigenvalue weighted by Gasteiger charge is -2.10. The van der Waals surface area contributed by atoms with Crippen LogP contribution in [0.1, 0.15) is 16.8 Å². The Morgan fingerprint density at radius 3 is 2.62 bits per heavy atom. The summed E-state index contributed by atoms with van der Waals surface area (Å²) < 4.78 is 21.5. The number of para-hydroxylation sites is 1. The van der Waals surface area contributed by atoms with Gasteiger partial charge < -0.3 is 10.6 Å². The molecule has 0 aromatic heterocycles. The van der Waals surface area contributed by atoms with E-state index in [4.69, 9.17) is 5.14 Å². The second-order valence-electron chi connectivity index (χ2n) is 4.18. The largest absolute Gasteiger partial charge is 0.382 e. The second-order valence-corrected chi connectivity index (χ2v) is 5.92. The molecule has 10 heteroatoms. The summed E-state index contributed by atoms with van der Waals surface area (Å²) in [5.41, 5.74) is 0.00318. The van der Waals surface area contributed by atoms with Crippen molar-refractivity contribution in [2.24, 2.45) is 5.14 Å². The molecule has 0 aliphatic carbocycles. The lowest BCUT2D eigenvalue weighted by molar-refractivity contribution is -0.384. The number of nitrogens with two attached hydrogens (primary N) is 1. The first-order chi connectivity index (χ1) is 9.76. The van der Waals surface area contributed by atoms with Crippen LogP contribution in [0, 0.1) is 10.1 Å². The third-order valence-corrected chi connectivity index (χ3v) is 3.48. The number of nitro benzene ring substituents is 1. The zero-order valence-electron chi connectivity index (χ0n) is 11.3. The molecule has 0 heterocycles. The first-order valence-corrected chi connectivity index (χ1v) is 7.71. The highest BCUT2D eigenvalue weighted by Crippen LogP contribution is 2.27. The maximum Gasteiger partial charge on any atom is 0.293 e. The highest BCUT2D eigenvalue weighted by molar-refractivity contribution is 7.89. The van der Waals surface area contributed by atoms with Crippen molar-refractivity contribution in [2.75, 3.05) is 24.7 Å². The van der Waals surface area contributed by atoms with Gasteiger partial charge in [-0.05, 0) is 12.5 Å². The Morgan fingerprint density at radius 2 is 2.10 bits per heavy atom. The summed E-state index contributed by atoms with van der Waals surface area (Å²) in [4.78, 5) is 22.3. The Balaban J connectivity index is 2.79. The Kier molecular flexibility index (Phi) is 5.61. The second kappa shape index (κ2) is 6.99. The maximum absolute atomic E-state index is 12.0. The number of amides is 1. The zero-order valence-corrected chi connectivity index (χ0v) is 12.1.